The van der Waals surface area contributed by atoms with Gasteiger partial charge in [0.05, 0.1) is 11.4 Å². The number of aromatic nitrogens is 2. The van der Waals surface area contributed by atoms with E-state index in [1.54, 1.807) is 35.1 Å². The molecule has 3 aromatic heterocycles. The molecule has 0 aliphatic rings. The van der Waals surface area contributed by atoms with Gasteiger partial charge in [0, 0.05) is 17.3 Å². The number of thiophene rings is 2. The van der Waals surface area contributed by atoms with E-state index in [1.165, 1.54) is 4.88 Å². The predicted molar refractivity (Wildman–Crippen MR) is 77.0 cm³/mol. The quantitative estimate of drug-likeness (QED) is 0.784. The van der Waals surface area contributed by atoms with Crippen molar-refractivity contribution >= 4 is 28.5 Å². The largest absolute Gasteiger partial charge is 0.363 e. The van der Waals surface area contributed by atoms with Gasteiger partial charge in [-0.15, -0.1) is 22.7 Å². The number of hydrogen-bond donors (Lipinski definition) is 1. The third-order valence-electron chi connectivity index (χ3n) is 2.46. The minimum atomic E-state index is 0.786. The van der Waals surface area contributed by atoms with Crippen molar-refractivity contribution in [2.75, 3.05) is 5.32 Å². The van der Waals surface area contributed by atoms with Gasteiger partial charge in [0.1, 0.15) is 5.69 Å². The Labute approximate surface area is 113 Å². The Bertz CT molecular complexity index is 603. The first-order chi connectivity index (χ1) is 8.93. The highest BCUT2D eigenvalue weighted by atomic mass is 32.1. The highest BCUT2D eigenvalue weighted by Crippen LogP contribution is 2.28. The molecule has 0 amide bonds. The van der Waals surface area contributed by atoms with E-state index in [4.69, 9.17) is 0 Å². The summed E-state index contributed by atoms with van der Waals surface area (Å²) in [7, 11) is 0. The lowest BCUT2D eigenvalue weighted by molar-refractivity contribution is 1.11. The highest BCUT2D eigenvalue weighted by molar-refractivity contribution is 7.13. The van der Waals surface area contributed by atoms with Gasteiger partial charge >= 0.3 is 0 Å². The first-order valence-corrected chi connectivity index (χ1v) is 7.30. The maximum Gasteiger partial charge on any atom is 0.153 e. The number of rotatable bonds is 4. The van der Waals surface area contributed by atoms with E-state index in [0.717, 1.165) is 22.9 Å². The maximum absolute atomic E-state index is 4.41. The van der Waals surface area contributed by atoms with Crippen LogP contribution in [0.3, 0.4) is 0 Å². The van der Waals surface area contributed by atoms with E-state index in [2.05, 4.69) is 38.9 Å². The normalized spacial score (nSPS) is 10.4. The van der Waals surface area contributed by atoms with Gasteiger partial charge in [0.15, 0.2) is 5.82 Å². The molecule has 0 saturated heterocycles. The van der Waals surface area contributed by atoms with Crippen LogP contribution in [0.4, 0.5) is 5.82 Å². The molecule has 90 valence electrons. The van der Waals surface area contributed by atoms with E-state index in [9.17, 15) is 0 Å². The molecule has 0 unspecified atom stereocenters. The summed E-state index contributed by atoms with van der Waals surface area (Å²) in [6.07, 6.45) is 3.44. The minimum Gasteiger partial charge on any atom is -0.363 e. The fraction of sp³-hybridized carbons (Fsp3) is 0.0769. The molecule has 1 N–H and O–H groups in total. The average molecular weight is 273 g/mol. The molecule has 0 atom stereocenters. The third-order valence-corrected chi connectivity index (χ3v) is 4.22. The smallest absolute Gasteiger partial charge is 0.153 e. The zero-order valence-corrected chi connectivity index (χ0v) is 11.2. The van der Waals surface area contributed by atoms with Crippen molar-refractivity contribution in [3.8, 4) is 10.6 Å². The summed E-state index contributed by atoms with van der Waals surface area (Å²) in [4.78, 5) is 11.2. The van der Waals surface area contributed by atoms with E-state index < -0.39 is 0 Å². The lowest BCUT2D eigenvalue weighted by atomic mass is 10.3. The standard InChI is InChI=1S/C13H11N3S2/c1-3-10(17-7-1)9-16-13-12(14-5-6-15-13)11-4-2-8-18-11/h1-8H,9H2,(H,15,16). The van der Waals surface area contributed by atoms with Crippen LogP contribution in [0.2, 0.25) is 0 Å². The molecular formula is C13H11N3S2. The fourth-order valence-electron chi connectivity index (χ4n) is 1.65. The number of hydrogen-bond acceptors (Lipinski definition) is 5. The third kappa shape index (κ3) is 2.42. The molecule has 3 heterocycles. The topological polar surface area (TPSA) is 37.8 Å². The van der Waals surface area contributed by atoms with Crippen molar-refractivity contribution in [3.05, 3.63) is 52.3 Å². The first-order valence-electron chi connectivity index (χ1n) is 5.54. The van der Waals surface area contributed by atoms with E-state index in [1.807, 2.05) is 11.4 Å². The fourth-order valence-corrected chi connectivity index (χ4v) is 3.01. The molecule has 3 aromatic rings. The number of nitrogens with one attached hydrogen (secondary N) is 1. The summed E-state index contributed by atoms with van der Waals surface area (Å²) >= 11 is 3.41. The summed E-state index contributed by atoms with van der Waals surface area (Å²) in [5.41, 5.74) is 0.920. The summed E-state index contributed by atoms with van der Waals surface area (Å²) in [6, 6.07) is 8.25. The van der Waals surface area contributed by atoms with E-state index in [-0.39, 0.29) is 0 Å². The van der Waals surface area contributed by atoms with Gasteiger partial charge in [0.25, 0.3) is 0 Å². The van der Waals surface area contributed by atoms with Gasteiger partial charge < -0.3 is 5.32 Å². The number of anilines is 1. The molecule has 0 aliphatic heterocycles. The number of nitrogens with zero attached hydrogens (tertiary/aromatic N) is 2. The first kappa shape index (κ1) is 11.4. The van der Waals surface area contributed by atoms with Crippen LogP contribution in [0.5, 0.6) is 0 Å². The Morgan fingerprint density at radius 2 is 1.83 bits per heavy atom. The van der Waals surface area contributed by atoms with E-state index >= 15 is 0 Å². The lowest BCUT2D eigenvalue weighted by Gasteiger charge is -2.07. The van der Waals surface area contributed by atoms with Gasteiger partial charge in [-0.05, 0) is 22.9 Å². The molecule has 0 aromatic carbocycles. The zero-order valence-electron chi connectivity index (χ0n) is 9.54. The van der Waals surface area contributed by atoms with Crippen molar-refractivity contribution in [1.82, 2.24) is 9.97 Å². The average Bonchev–Trinajstić information content (AvgIpc) is 3.10. The van der Waals surface area contributed by atoms with Crippen molar-refractivity contribution < 1.29 is 0 Å². The van der Waals surface area contributed by atoms with Gasteiger partial charge in [-0.1, -0.05) is 12.1 Å². The molecular weight excluding hydrogens is 262 g/mol. The molecule has 3 nitrogen and oxygen atoms in total. The Balaban J connectivity index is 1.84. The van der Waals surface area contributed by atoms with Crippen molar-refractivity contribution in [1.29, 1.82) is 0 Å². The Hall–Kier alpha value is -1.72. The Morgan fingerprint density at radius 1 is 1.00 bits per heavy atom. The van der Waals surface area contributed by atoms with Crippen LogP contribution in [-0.4, -0.2) is 9.97 Å². The summed E-state index contributed by atoms with van der Waals surface area (Å²) in [5, 5.41) is 7.47. The van der Waals surface area contributed by atoms with Crippen LogP contribution in [0.1, 0.15) is 4.88 Å². The lowest BCUT2D eigenvalue weighted by Crippen LogP contribution is -2.02. The van der Waals surface area contributed by atoms with Crippen LogP contribution in [0.15, 0.2) is 47.4 Å². The van der Waals surface area contributed by atoms with Crippen LogP contribution in [-0.2, 0) is 6.54 Å². The molecule has 0 fully saturated rings. The van der Waals surface area contributed by atoms with Gasteiger partial charge in [0.2, 0.25) is 0 Å². The highest BCUT2D eigenvalue weighted by Gasteiger charge is 2.08. The van der Waals surface area contributed by atoms with Crippen molar-refractivity contribution in [2.45, 2.75) is 6.54 Å². The molecule has 18 heavy (non-hydrogen) atoms. The van der Waals surface area contributed by atoms with Gasteiger partial charge in [-0.3, -0.25) is 0 Å². The Morgan fingerprint density at radius 3 is 2.61 bits per heavy atom. The van der Waals surface area contributed by atoms with Crippen LogP contribution in [0, 0.1) is 0 Å². The van der Waals surface area contributed by atoms with Gasteiger partial charge in [-0.25, -0.2) is 9.97 Å². The molecule has 0 radical (unpaired) electrons. The molecule has 0 aliphatic carbocycles. The maximum atomic E-state index is 4.41. The van der Waals surface area contributed by atoms with E-state index in [0.29, 0.717) is 0 Å². The molecule has 5 heteroatoms. The zero-order chi connectivity index (χ0) is 12.2. The van der Waals surface area contributed by atoms with Crippen LogP contribution in [0.25, 0.3) is 10.6 Å². The summed E-state index contributed by atoms with van der Waals surface area (Å²) < 4.78 is 0. The van der Waals surface area contributed by atoms with Crippen LogP contribution >= 0.6 is 22.7 Å². The monoisotopic (exact) mass is 273 g/mol. The molecule has 3 rings (SSSR count). The minimum absolute atomic E-state index is 0.786. The second-order valence-electron chi connectivity index (χ2n) is 3.66. The molecule has 0 spiro atoms. The van der Waals surface area contributed by atoms with Crippen LogP contribution < -0.4 is 5.32 Å². The SMILES string of the molecule is c1csc(CNc2nccnc2-c2cccs2)c1. The Kier molecular flexibility index (Phi) is 3.34. The summed E-state index contributed by atoms with van der Waals surface area (Å²) in [5.74, 6) is 0.841. The summed E-state index contributed by atoms with van der Waals surface area (Å²) in [6.45, 7) is 0.786. The van der Waals surface area contributed by atoms with Crippen molar-refractivity contribution in [2.24, 2.45) is 0 Å². The second-order valence-corrected chi connectivity index (χ2v) is 5.64. The molecule has 0 saturated carbocycles. The van der Waals surface area contributed by atoms with Gasteiger partial charge in [-0.2, -0.15) is 0 Å². The predicted octanol–water partition coefficient (Wildman–Crippen LogP) is 3.88. The second kappa shape index (κ2) is 5.29. The van der Waals surface area contributed by atoms with Crippen molar-refractivity contribution in [3.63, 3.8) is 0 Å². The molecule has 0 bridgehead atoms.